The number of aliphatic carboxylic acids is 1. The second-order valence-corrected chi connectivity index (χ2v) is 9.56. The number of fused-ring (bicyclic) bond motifs is 1. The molecular weight excluding hydrogens is 414 g/mol. The number of carboxylic acids is 1. The molecule has 2 heterocycles. The zero-order valence-corrected chi connectivity index (χ0v) is 19.3. The highest BCUT2D eigenvalue weighted by Crippen LogP contribution is 2.44. The Labute approximate surface area is 193 Å². The molecule has 168 valence electrons. The van der Waals surface area contributed by atoms with Gasteiger partial charge in [0.2, 0.25) is 0 Å². The average molecular weight is 442 g/mol. The van der Waals surface area contributed by atoms with E-state index < -0.39 is 17.7 Å². The van der Waals surface area contributed by atoms with Gasteiger partial charge in [0.05, 0.1) is 17.7 Å². The van der Waals surface area contributed by atoms with Crippen molar-refractivity contribution >= 4 is 27.6 Å². The van der Waals surface area contributed by atoms with E-state index in [1.165, 1.54) is 5.56 Å². The quantitative estimate of drug-likeness (QED) is 0.406. The van der Waals surface area contributed by atoms with E-state index in [9.17, 15) is 9.90 Å². The normalized spacial score (nSPS) is 14.3. The maximum atomic E-state index is 12.5. The Morgan fingerprint density at radius 3 is 2.70 bits per heavy atom. The highest BCUT2D eigenvalue weighted by atomic mass is 16.5. The van der Waals surface area contributed by atoms with Crippen molar-refractivity contribution in [1.29, 1.82) is 0 Å². The summed E-state index contributed by atoms with van der Waals surface area (Å²) in [5.41, 5.74) is 4.66. The first kappa shape index (κ1) is 21.4. The number of aryl methyl sites for hydroxylation is 1. The van der Waals surface area contributed by atoms with Gasteiger partial charge in [0, 0.05) is 29.1 Å². The molecule has 0 aliphatic carbocycles. The molecule has 0 radical (unpaired) electrons. The number of nitrogens with zero attached hydrogens (tertiary/aromatic N) is 1. The number of carboxylic acid groups (broad SMARTS) is 1. The number of benzene rings is 3. The van der Waals surface area contributed by atoms with Crippen molar-refractivity contribution < 1.29 is 19.4 Å². The molecule has 0 amide bonds. The standard InChI is InChI=1S/C28H27NO4/c1-16-15-18-7-5-6-8-19(18)24(22(16)26(27(30)31)33-28(2,3)4)20-9-10-21-23-17(12-14-32-21)11-13-29-25(20)23/h5-11,13,15,26H,12,14H2,1-4H3,(H,30,31). The highest BCUT2D eigenvalue weighted by molar-refractivity contribution is 6.08. The van der Waals surface area contributed by atoms with Gasteiger partial charge in [0.25, 0.3) is 0 Å². The lowest BCUT2D eigenvalue weighted by Gasteiger charge is -2.29. The van der Waals surface area contributed by atoms with Crippen LogP contribution in [0.5, 0.6) is 5.75 Å². The molecule has 0 saturated heterocycles. The monoisotopic (exact) mass is 441 g/mol. The largest absolute Gasteiger partial charge is 0.493 e. The summed E-state index contributed by atoms with van der Waals surface area (Å²) in [4.78, 5) is 17.3. The lowest BCUT2D eigenvalue weighted by atomic mass is 9.85. The number of pyridine rings is 1. The number of rotatable bonds is 4. The van der Waals surface area contributed by atoms with E-state index in [4.69, 9.17) is 14.5 Å². The van der Waals surface area contributed by atoms with Crippen LogP contribution in [0.25, 0.3) is 32.8 Å². The number of aromatic nitrogens is 1. The van der Waals surface area contributed by atoms with Gasteiger partial charge in [0.1, 0.15) is 5.75 Å². The second-order valence-electron chi connectivity index (χ2n) is 9.56. The molecule has 0 fully saturated rings. The Kier molecular flexibility index (Phi) is 5.09. The van der Waals surface area contributed by atoms with Gasteiger partial charge in [-0.15, -0.1) is 0 Å². The lowest BCUT2D eigenvalue weighted by Crippen LogP contribution is -2.28. The Morgan fingerprint density at radius 1 is 1.15 bits per heavy atom. The first-order valence-electron chi connectivity index (χ1n) is 11.2. The molecule has 0 bridgehead atoms. The Hall–Kier alpha value is -3.44. The highest BCUT2D eigenvalue weighted by Gasteiger charge is 2.32. The van der Waals surface area contributed by atoms with E-state index >= 15 is 0 Å². The molecule has 1 unspecified atom stereocenters. The summed E-state index contributed by atoms with van der Waals surface area (Å²) in [6.45, 7) is 8.22. The molecule has 5 heteroatoms. The van der Waals surface area contributed by atoms with Crippen LogP contribution in [0.1, 0.15) is 43.6 Å². The smallest absolute Gasteiger partial charge is 0.337 e. The molecule has 1 N–H and O–H groups in total. The molecule has 0 spiro atoms. The van der Waals surface area contributed by atoms with E-state index in [2.05, 4.69) is 6.07 Å². The van der Waals surface area contributed by atoms with E-state index in [0.717, 1.165) is 50.5 Å². The summed E-state index contributed by atoms with van der Waals surface area (Å²) in [5, 5.41) is 13.3. The van der Waals surface area contributed by atoms with Crippen LogP contribution in [0, 0.1) is 6.92 Å². The number of carbonyl (C=O) groups is 1. The van der Waals surface area contributed by atoms with Crippen LogP contribution in [-0.2, 0) is 16.0 Å². The Morgan fingerprint density at radius 2 is 1.94 bits per heavy atom. The molecule has 1 aliphatic heterocycles. The molecule has 3 aromatic carbocycles. The van der Waals surface area contributed by atoms with Crippen LogP contribution in [0.15, 0.2) is 54.7 Å². The van der Waals surface area contributed by atoms with Crippen molar-refractivity contribution in [3.63, 3.8) is 0 Å². The lowest BCUT2D eigenvalue weighted by molar-refractivity contribution is -0.160. The summed E-state index contributed by atoms with van der Waals surface area (Å²) in [7, 11) is 0. The third-order valence-electron chi connectivity index (χ3n) is 6.09. The van der Waals surface area contributed by atoms with Crippen molar-refractivity contribution in [3.8, 4) is 16.9 Å². The fraction of sp³-hybridized carbons (Fsp3) is 0.286. The zero-order valence-electron chi connectivity index (χ0n) is 19.3. The summed E-state index contributed by atoms with van der Waals surface area (Å²) < 4.78 is 12.0. The number of ether oxygens (including phenoxy) is 2. The van der Waals surface area contributed by atoms with Crippen LogP contribution in [-0.4, -0.2) is 28.3 Å². The molecule has 5 nitrogen and oxygen atoms in total. The van der Waals surface area contributed by atoms with Crippen molar-refractivity contribution in [2.45, 2.75) is 45.8 Å². The van der Waals surface area contributed by atoms with E-state index in [1.54, 1.807) is 0 Å². The predicted molar refractivity (Wildman–Crippen MR) is 130 cm³/mol. The fourth-order valence-corrected chi connectivity index (χ4v) is 4.82. The SMILES string of the molecule is Cc1cc2ccccc2c(-c2ccc3c4c(ccnc24)CCO3)c1C(OC(C)(C)C)C(=O)O. The van der Waals surface area contributed by atoms with Crippen molar-refractivity contribution in [2.24, 2.45) is 0 Å². The third-order valence-corrected chi connectivity index (χ3v) is 6.09. The van der Waals surface area contributed by atoms with Crippen LogP contribution in [0.2, 0.25) is 0 Å². The molecule has 5 rings (SSSR count). The Balaban J connectivity index is 1.90. The molecule has 4 aromatic rings. The molecule has 1 atom stereocenters. The predicted octanol–water partition coefficient (Wildman–Crippen LogP) is 6.24. The van der Waals surface area contributed by atoms with Crippen LogP contribution in [0.4, 0.5) is 0 Å². The van der Waals surface area contributed by atoms with Gasteiger partial charge in [-0.1, -0.05) is 30.3 Å². The molecule has 1 aromatic heterocycles. The Bertz CT molecular complexity index is 1390. The molecular formula is C28H27NO4. The molecule has 1 aliphatic rings. The van der Waals surface area contributed by atoms with Crippen LogP contribution >= 0.6 is 0 Å². The van der Waals surface area contributed by atoms with Gasteiger partial charge in [0.15, 0.2) is 6.10 Å². The molecule has 33 heavy (non-hydrogen) atoms. The summed E-state index contributed by atoms with van der Waals surface area (Å²) in [6.07, 6.45) is 1.53. The van der Waals surface area contributed by atoms with Crippen molar-refractivity contribution in [3.05, 3.63) is 71.4 Å². The summed E-state index contributed by atoms with van der Waals surface area (Å²) in [6, 6.07) is 16.1. The van der Waals surface area contributed by atoms with Gasteiger partial charge in [-0.05, 0) is 73.4 Å². The summed E-state index contributed by atoms with van der Waals surface area (Å²) in [5.74, 6) is -0.189. The van der Waals surface area contributed by atoms with Gasteiger partial charge in [-0.3, -0.25) is 4.98 Å². The first-order valence-corrected chi connectivity index (χ1v) is 11.2. The summed E-state index contributed by atoms with van der Waals surface area (Å²) >= 11 is 0. The third kappa shape index (κ3) is 3.72. The maximum absolute atomic E-state index is 12.5. The topological polar surface area (TPSA) is 68.7 Å². The maximum Gasteiger partial charge on any atom is 0.337 e. The second kappa shape index (κ2) is 7.85. The average Bonchev–Trinajstić information content (AvgIpc) is 2.77. The molecule has 0 saturated carbocycles. The van der Waals surface area contributed by atoms with Gasteiger partial charge in [-0.2, -0.15) is 0 Å². The number of hydrogen-bond acceptors (Lipinski definition) is 4. The minimum atomic E-state index is -1.12. The van der Waals surface area contributed by atoms with E-state index in [0.29, 0.717) is 12.2 Å². The van der Waals surface area contributed by atoms with Crippen LogP contribution in [0.3, 0.4) is 0 Å². The fourth-order valence-electron chi connectivity index (χ4n) is 4.82. The van der Waals surface area contributed by atoms with Gasteiger partial charge >= 0.3 is 5.97 Å². The van der Waals surface area contributed by atoms with Gasteiger partial charge in [-0.25, -0.2) is 4.79 Å². The zero-order chi connectivity index (χ0) is 23.3. The van der Waals surface area contributed by atoms with E-state index in [1.807, 2.05) is 76.4 Å². The van der Waals surface area contributed by atoms with E-state index in [-0.39, 0.29) is 0 Å². The minimum absolute atomic E-state index is 0.634. The first-order chi connectivity index (χ1) is 15.7. The minimum Gasteiger partial charge on any atom is -0.493 e. The van der Waals surface area contributed by atoms with Crippen molar-refractivity contribution in [1.82, 2.24) is 4.98 Å². The number of hydrogen-bond donors (Lipinski definition) is 1. The van der Waals surface area contributed by atoms with Crippen molar-refractivity contribution in [2.75, 3.05) is 6.61 Å². The van der Waals surface area contributed by atoms with Crippen LogP contribution < -0.4 is 4.74 Å². The van der Waals surface area contributed by atoms with Gasteiger partial charge < -0.3 is 14.6 Å².